The molecule has 1 atom stereocenters. The fraction of sp³-hybridized carbons (Fsp3) is 0.619. The van der Waals surface area contributed by atoms with E-state index in [0.29, 0.717) is 24.9 Å². The van der Waals surface area contributed by atoms with Crippen LogP contribution < -0.4 is 5.32 Å². The first kappa shape index (κ1) is 17.4. The van der Waals surface area contributed by atoms with Crippen LogP contribution in [0.5, 0.6) is 0 Å². The summed E-state index contributed by atoms with van der Waals surface area (Å²) in [6.45, 7) is 5.09. The zero-order valence-corrected chi connectivity index (χ0v) is 15.7. The van der Waals surface area contributed by atoms with Crippen LogP contribution in [0.15, 0.2) is 24.3 Å². The van der Waals surface area contributed by atoms with Crippen molar-refractivity contribution in [2.24, 2.45) is 5.41 Å². The number of carbonyl (C=O) groups excluding carboxylic acids is 2. The molecular formula is C21H29N3O2. The first-order valence-electron chi connectivity index (χ1n) is 9.93. The molecule has 140 valence electrons. The molecule has 1 aromatic rings. The molecule has 0 bridgehead atoms. The Morgan fingerprint density at radius 1 is 1.23 bits per heavy atom. The minimum absolute atomic E-state index is 0.0298. The summed E-state index contributed by atoms with van der Waals surface area (Å²) in [6.07, 6.45) is 6.05. The zero-order valence-electron chi connectivity index (χ0n) is 15.7. The van der Waals surface area contributed by atoms with Gasteiger partial charge in [-0.15, -0.1) is 0 Å². The summed E-state index contributed by atoms with van der Waals surface area (Å²) in [7, 11) is 0. The highest BCUT2D eigenvalue weighted by Crippen LogP contribution is 2.42. The van der Waals surface area contributed by atoms with Gasteiger partial charge in [-0.2, -0.15) is 0 Å². The van der Waals surface area contributed by atoms with Crippen LogP contribution in [0.1, 0.15) is 49.7 Å². The molecule has 2 heterocycles. The molecular weight excluding hydrogens is 326 g/mol. The molecule has 26 heavy (non-hydrogen) atoms. The van der Waals surface area contributed by atoms with Crippen molar-refractivity contribution in [3.63, 3.8) is 0 Å². The Hall–Kier alpha value is -2.04. The van der Waals surface area contributed by atoms with E-state index in [1.165, 1.54) is 5.56 Å². The first-order valence-corrected chi connectivity index (χ1v) is 9.93. The average Bonchev–Trinajstić information content (AvgIpc) is 3.48. The molecule has 1 aromatic carbocycles. The van der Waals surface area contributed by atoms with Gasteiger partial charge in [0.15, 0.2) is 0 Å². The van der Waals surface area contributed by atoms with Gasteiger partial charge in [-0.05, 0) is 50.2 Å². The smallest absolute Gasteiger partial charge is 0.317 e. The molecule has 2 saturated heterocycles. The van der Waals surface area contributed by atoms with Gasteiger partial charge in [0.2, 0.25) is 5.91 Å². The van der Waals surface area contributed by atoms with Gasteiger partial charge < -0.3 is 15.1 Å². The van der Waals surface area contributed by atoms with Crippen LogP contribution in [-0.2, 0) is 11.3 Å². The van der Waals surface area contributed by atoms with Crippen molar-refractivity contribution >= 4 is 11.9 Å². The Morgan fingerprint density at radius 2 is 2.04 bits per heavy atom. The number of likely N-dealkylation sites (tertiary alicyclic amines) is 2. The Bertz CT molecular complexity index is 700. The molecule has 0 radical (unpaired) electrons. The Kier molecular flexibility index (Phi) is 4.63. The first-order chi connectivity index (χ1) is 12.6. The molecule has 3 fully saturated rings. The van der Waals surface area contributed by atoms with E-state index in [9.17, 15) is 9.59 Å². The maximum Gasteiger partial charge on any atom is 0.317 e. The van der Waals surface area contributed by atoms with Crippen molar-refractivity contribution in [2.45, 2.75) is 58.0 Å². The normalized spacial score (nSPS) is 26.3. The van der Waals surface area contributed by atoms with E-state index in [0.717, 1.165) is 57.3 Å². The summed E-state index contributed by atoms with van der Waals surface area (Å²) in [5.41, 5.74) is 2.47. The van der Waals surface area contributed by atoms with Crippen molar-refractivity contribution in [3.05, 3.63) is 35.4 Å². The molecule has 1 spiro atoms. The van der Waals surface area contributed by atoms with Gasteiger partial charge in [-0.3, -0.25) is 4.79 Å². The molecule has 3 amide bonds. The van der Waals surface area contributed by atoms with Crippen LogP contribution in [-0.4, -0.2) is 47.4 Å². The molecule has 5 nitrogen and oxygen atoms in total. The van der Waals surface area contributed by atoms with E-state index in [1.54, 1.807) is 0 Å². The number of amides is 3. The largest absolute Gasteiger partial charge is 0.339 e. The lowest BCUT2D eigenvalue weighted by Gasteiger charge is -2.48. The summed E-state index contributed by atoms with van der Waals surface area (Å²) < 4.78 is 0. The van der Waals surface area contributed by atoms with Gasteiger partial charge in [0.1, 0.15) is 0 Å². The van der Waals surface area contributed by atoms with Gasteiger partial charge in [0.25, 0.3) is 0 Å². The minimum atomic E-state index is 0.0298. The zero-order chi connectivity index (χ0) is 18.1. The minimum Gasteiger partial charge on any atom is -0.339 e. The van der Waals surface area contributed by atoms with Gasteiger partial charge in [0.05, 0.1) is 0 Å². The molecule has 0 unspecified atom stereocenters. The van der Waals surface area contributed by atoms with Crippen molar-refractivity contribution in [3.8, 4) is 0 Å². The van der Waals surface area contributed by atoms with Gasteiger partial charge >= 0.3 is 6.03 Å². The maximum absolute atomic E-state index is 12.7. The number of urea groups is 1. The highest BCUT2D eigenvalue weighted by atomic mass is 16.2. The second-order valence-corrected chi connectivity index (χ2v) is 8.36. The number of aryl methyl sites for hydroxylation is 1. The second kappa shape index (κ2) is 6.93. The van der Waals surface area contributed by atoms with Crippen LogP contribution in [0.2, 0.25) is 0 Å². The van der Waals surface area contributed by atoms with Crippen LogP contribution in [0.4, 0.5) is 4.79 Å². The van der Waals surface area contributed by atoms with E-state index in [2.05, 4.69) is 29.3 Å². The van der Waals surface area contributed by atoms with Crippen molar-refractivity contribution in [1.82, 2.24) is 15.1 Å². The molecule has 0 aromatic heterocycles. The highest BCUT2D eigenvalue weighted by Gasteiger charge is 2.46. The van der Waals surface area contributed by atoms with Crippen molar-refractivity contribution in [2.75, 3.05) is 19.6 Å². The summed E-state index contributed by atoms with van der Waals surface area (Å²) in [5, 5.41) is 3.09. The quantitative estimate of drug-likeness (QED) is 0.906. The van der Waals surface area contributed by atoms with Gasteiger partial charge in [-0.1, -0.05) is 24.3 Å². The number of hydrogen-bond acceptors (Lipinski definition) is 2. The number of carbonyl (C=O) groups is 2. The number of piperidine rings is 2. The predicted molar refractivity (Wildman–Crippen MR) is 101 cm³/mol. The Labute approximate surface area is 155 Å². The van der Waals surface area contributed by atoms with Crippen LogP contribution >= 0.6 is 0 Å². The number of nitrogens with one attached hydrogen (secondary N) is 1. The standard InChI is InChI=1S/C21H29N3O2/c1-16-5-2-3-6-17(16)13-22-20(26)23-12-4-10-21(14-23)11-9-19(25)24(15-21)18-7-8-18/h2-3,5-6,18H,4,7-15H2,1H3,(H,22,26)/t21-/m1/s1. The lowest BCUT2D eigenvalue weighted by molar-refractivity contribution is -0.139. The third-order valence-electron chi connectivity index (χ3n) is 6.32. The monoisotopic (exact) mass is 355 g/mol. The maximum atomic E-state index is 12.7. The SMILES string of the molecule is Cc1ccccc1CNC(=O)N1CCC[C@@]2(CCC(=O)N(C3CC3)C2)C1. The molecule has 2 aliphatic heterocycles. The lowest BCUT2D eigenvalue weighted by atomic mass is 9.73. The fourth-order valence-electron chi connectivity index (χ4n) is 4.57. The molecule has 3 aliphatic rings. The number of nitrogens with zero attached hydrogens (tertiary/aromatic N) is 2. The van der Waals surface area contributed by atoms with E-state index in [-0.39, 0.29) is 11.4 Å². The number of benzene rings is 1. The van der Waals surface area contributed by atoms with Crippen LogP contribution in [0, 0.1) is 12.3 Å². The highest BCUT2D eigenvalue weighted by molar-refractivity contribution is 5.78. The van der Waals surface area contributed by atoms with Crippen molar-refractivity contribution in [1.29, 1.82) is 0 Å². The lowest BCUT2D eigenvalue weighted by Crippen LogP contribution is -2.56. The van der Waals surface area contributed by atoms with E-state index >= 15 is 0 Å². The second-order valence-electron chi connectivity index (χ2n) is 8.36. The molecule has 4 rings (SSSR count). The Balaban J connectivity index is 1.37. The van der Waals surface area contributed by atoms with Crippen LogP contribution in [0.25, 0.3) is 0 Å². The molecule has 1 saturated carbocycles. The summed E-state index contributed by atoms with van der Waals surface area (Å²) >= 11 is 0. The van der Waals surface area contributed by atoms with Gasteiger partial charge in [-0.25, -0.2) is 4.79 Å². The van der Waals surface area contributed by atoms with Crippen molar-refractivity contribution < 1.29 is 9.59 Å². The van der Waals surface area contributed by atoms with Gasteiger partial charge in [0, 0.05) is 44.1 Å². The summed E-state index contributed by atoms with van der Waals surface area (Å²) in [6, 6.07) is 8.67. The number of hydrogen-bond donors (Lipinski definition) is 1. The predicted octanol–water partition coefficient (Wildman–Crippen LogP) is 3.07. The third kappa shape index (κ3) is 3.57. The molecule has 5 heteroatoms. The third-order valence-corrected chi connectivity index (χ3v) is 6.32. The fourth-order valence-corrected chi connectivity index (χ4v) is 4.57. The topological polar surface area (TPSA) is 52.7 Å². The van der Waals surface area contributed by atoms with E-state index in [1.807, 2.05) is 17.0 Å². The molecule has 1 aliphatic carbocycles. The number of rotatable bonds is 3. The Morgan fingerprint density at radius 3 is 2.81 bits per heavy atom. The van der Waals surface area contributed by atoms with E-state index in [4.69, 9.17) is 0 Å². The van der Waals surface area contributed by atoms with E-state index < -0.39 is 0 Å². The van der Waals surface area contributed by atoms with Crippen LogP contribution in [0.3, 0.4) is 0 Å². The average molecular weight is 355 g/mol. The summed E-state index contributed by atoms with van der Waals surface area (Å²) in [5.74, 6) is 0.319. The molecule has 1 N–H and O–H groups in total. The summed E-state index contributed by atoms with van der Waals surface area (Å²) in [4.78, 5) is 29.1.